The molecule has 0 atom stereocenters. The fraction of sp³-hybridized carbons (Fsp3) is 0.233. The highest BCUT2D eigenvalue weighted by molar-refractivity contribution is 6.05. The van der Waals surface area contributed by atoms with Crippen LogP contribution in [0, 0.1) is 0 Å². The van der Waals surface area contributed by atoms with E-state index in [2.05, 4.69) is 34.9 Å². The predicted molar refractivity (Wildman–Crippen MR) is 205 cm³/mol. The number of amides is 2. The van der Waals surface area contributed by atoms with E-state index in [1.165, 1.54) is 11.1 Å². The van der Waals surface area contributed by atoms with Gasteiger partial charge >= 0.3 is 12.1 Å². The zero-order valence-electron chi connectivity index (χ0n) is 30.1. The van der Waals surface area contributed by atoms with Gasteiger partial charge in [-0.25, -0.2) is 9.59 Å². The van der Waals surface area contributed by atoms with Crippen molar-refractivity contribution in [2.24, 2.45) is 0 Å². The Balaban J connectivity index is 0.903. The molecule has 1 aliphatic rings. The van der Waals surface area contributed by atoms with E-state index in [1.807, 2.05) is 36.4 Å². The van der Waals surface area contributed by atoms with Crippen LogP contribution >= 0.6 is 0 Å². The van der Waals surface area contributed by atoms with Crippen molar-refractivity contribution in [3.05, 3.63) is 144 Å². The average molecular weight is 747 g/mol. The molecule has 12 heteroatoms. The molecule has 0 saturated heterocycles. The molecule has 0 bridgehead atoms. The van der Waals surface area contributed by atoms with Gasteiger partial charge in [0.1, 0.15) is 31.3 Å². The molecule has 0 fully saturated rings. The summed E-state index contributed by atoms with van der Waals surface area (Å²) >= 11 is 0. The van der Waals surface area contributed by atoms with Crippen molar-refractivity contribution in [2.45, 2.75) is 12.5 Å². The Morgan fingerprint density at radius 1 is 0.618 bits per heavy atom. The SMILES string of the molecule is O=C(O)COCCOCCOCCOc1ccc(Oc2ccccc2NC(=O)c2ccc(CNC(=O)OCC3c4ccccc4-c4ccccc43)cc2)cc1. The smallest absolute Gasteiger partial charge is 0.407 e. The maximum atomic E-state index is 13.2. The summed E-state index contributed by atoms with van der Waals surface area (Å²) in [6, 6.07) is 37.6. The summed E-state index contributed by atoms with van der Waals surface area (Å²) < 4.78 is 33.1. The molecule has 0 aromatic heterocycles. The molecule has 0 unspecified atom stereocenters. The number of alkyl carbamates (subject to hydrolysis) is 1. The second-order valence-electron chi connectivity index (χ2n) is 12.4. The number of hydrogen-bond donors (Lipinski definition) is 3. The molecule has 0 radical (unpaired) electrons. The lowest BCUT2D eigenvalue weighted by Crippen LogP contribution is -2.25. The molecule has 55 heavy (non-hydrogen) atoms. The standard InChI is InChI=1S/C43H42N2O10/c46-41(47)29-52-24-23-50-21-22-51-25-26-53-32-17-19-33(20-18-32)55-40-12-6-5-11-39(40)45-42(48)31-15-13-30(14-16-31)27-44-43(49)54-28-38-36-9-3-1-7-34(36)35-8-2-4-10-37(35)38/h1-20,38H,21-29H2,(H,44,49)(H,45,48)(H,46,47). The minimum atomic E-state index is -1.01. The van der Waals surface area contributed by atoms with Gasteiger partial charge in [0.15, 0.2) is 5.75 Å². The third-order valence-electron chi connectivity index (χ3n) is 8.65. The Morgan fingerprint density at radius 3 is 1.87 bits per heavy atom. The van der Waals surface area contributed by atoms with E-state index in [-0.39, 0.29) is 38.2 Å². The summed E-state index contributed by atoms with van der Waals surface area (Å²) in [4.78, 5) is 36.2. The summed E-state index contributed by atoms with van der Waals surface area (Å²) in [5.41, 5.74) is 6.41. The Bertz CT molecular complexity index is 1990. The number of para-hydroxylation sites is 2. The molecular formula is C43H42N2O10. The Kier molecular flexibility index (Phi) is 13.8. The van der Waals surface area contributed by atoms with Gasteiger partial charge in [0.25, 0.3) is 5.91 Å². The fourth-order valence-electron chi connectivity index (χ4n) is 6.00. The highest BCUT2D eigenvalue weighted by Gasteiger charge is 2.29. The molecule has 0 aliphatic heterocycles. The van der Waals surface area contributed by atoms with E-state index < -0.39 is 12.1 Å². The third kappa shape index (κ3) is 11.2. The van der Waals surface area contributed by atoms with Gasteiger partial charge in [-0.1, -0.05) is 72.8 Å². The molecule has 6 rings (SSSR count). The first-order valence-electron chi connectivity index (χ1n) is 17.9. The van der Waals surface area contributed by atoms with Gasteiger partial charge < -0.3 is 44.2 Å². The molecule has 284 valence electrons. The summed E-state index contributed by atoms with van der Waals surface area (Å²) in [7, 11) is 0. The minimum Gasteiger partial charge on any atom is -0.491 e. The largest absolute Gasteiger partial charge is 0.491 e. The Hall–Kier alpha value is -6.21. The highest BCUT2D eigenvalue weighted by atomic mass is 16.6. The number of hydrogen-bond acceptors (Lipinski definition) is 9. The monoisotopic (exact) mass is 746 g/mol. The summed E-state index contributed by atoms with van der Waals surface area (Å²) in [6.07, 6.45) is -0.507. The number of carboxylic acid groups (broad SMARTS) is 1. The first-order valence-corrected chi connectivity index (χ1v) is 17.9. The van der Waals surface area contributed by atoms with Crippen LogP contribution in [0.4, 0.5) is 10.5 Å². The van der Waals surface area contributed by atoms with Crippen LogP contribution in [-0.2, 0) is 30.3 Å². The summed E-state index contributed by atoms with van der Waals surface area (Å²) in [5.74, 6) is 0.324. The number of ether oxygens (including phenoxy) is 6. The molecule has 5 aromatic carbocycles. The zero-order valence-corrected chi connectivity index (χ0v) is 30.1. The lowest BCUT2D eigenvalue weighted by molar-refractivity contribution is -0.142. The first kappa shape index (κ1) is 38.5. The maximum absolute atomic E-state index is 13.2. The first-order chi connectivity index (χ1) is 26.9. The Labute approximate surface area is 318 Å². The van der Waals surface area contributed by atoms with Crippen molar-refractivity contribution >= 4 is 23.7 Å². The summed E-state index contributed by atoms with van der Waals surface area (Å²) in [5, 5.41) is 14.2. The van der Waals surface area contributed by atoms with Gasteiger partial charge in [0.2, 0.25) is 0 Å². The van der Waals surface area contributed by atoms with Gasteiger partial charge in [-0.05, 0) is 76.3 Å². The zero-order chi connectivity index (χ0) is 38.2. The van der Waals surface area contributed by atoms with E-state index in [1.54, 1.807) is 60.7 Å². The van der Waals surface area contributed by atoms with Crippen molar-refractivity contribution in [1.82, 2.24) is 5.32 Å². The number of carbonyl (C=O) groups is 3. The number of benzene rings is 5. The van der Waals surface area contributed by atoms with Gasteiger partial charge in [-0.3, -0.25) is 4.79 Å². The van der Waals surface area contributed by atoms with Gasteiger partial charge in [-0.2, -0.15) is 0 Å². The lowest BCUT2D eigenvalue weighted by Gasteiger charge is -2.15. The summed E-state index contributed by atoms with van der Waals surface area (Å²) in [6.45, 7) is 2.08. The molecule has 0 saturated carbocycles. The minimum absolute atomic E-state index is 0.0182. The second kappa shape index (κ2) is 19.7. The molecular weight excluding hydrogens is 704 g/mol. The van der Waals surface area contributed by atoms with Crippen LogP contribution in [0.3, 0.4) is 0 Å². The second-order valence-corrected chi connectivity index (χ2v) is 12.4. The van der Waals surface area contributed by atoms with Crippen LogP contribution in [0.25, 0.3) is 11.1 Å². The van der Waals surface area contributed by atoms with Crippen molar-refractivity contribution in [1.29, 1.82) is 0 Å². The van der Waals surface area contributed by atoms with Crippen LogP contribution in [0.1, 0.15) is 33.0 Å². The van der Waals surface area contributed by atoms with Gasteiger partial charge in [0, 0.05) is 18.0 Å². The lowest BCUT2D eigenvalue weighted by atomic mass is 9.98. The highest BCUT2D eigenvalue weighted by Crippen LogP contribution is 2.44. The number of carbonyl (C=O) groups excluding carboxylic acids is 2. The number of nitrogens with one attached hydrogen (secondary N) is 2. The van der Waals surface area contributed by atoms with E-state index >= 15 is 0 Å². The van der Waals surface area contributed by atoms with Gasteiger partial charge in [0.05, 0.1) is 38.7 Å². The fourth-order valence-corrected chi connectivity index (χ4v) is 6.00. The number of rotatable bonds is 20. The average Bonchev–Trinajstić information content (AvgIpc) is 3.53. The van der Waals surface area contributed by atoms with Crippen molar-refractivity contribution < 1.29 is 47.9 Å². The maximum Gasteiger partial charge on any atom is 0.407 e. The van der Waals surface area contributed by atoms with E-state index in [4.69, 9.17) is 33.5 Å². The van der Waals surface area contributed by atoms with E-state index in [9.17, 15) is 14.4 Å². The number of fused-ring (bicyclic) bond motifs is 3. The predicted octanol–water partition coefficient (Wildman–Crippen LogP) is 7.28. The molecule has 5 aromatic rings. The Morgan fingerprint density at radius 2 is 1.20 bits per heavy atom. The van der Waals surface area contributed by atoms with Crippen LogP contribution < -0.4 is 20.1 Å². The molecule has 0 heterocycles. The van der Waals surface area contributed by atoms with Crippen LogP contribution in [0.2, 0.25) is 0 Å². The van der Waals surface area contributed by atoms with Crippen molar-refractivity contribution in [2.75, 3.05) is 58.2 Å². The number of aliphatic carboxylic acids is 1. The third-order valence-corrected chi connectivity index (χ3v) is 8.65. The van der Waals surface area contributed by atoms with Crippen molar-refractivity contribution in [3.8, 4) is 28.4 Å². The molecule has 12 nitrogen and oxygen atoms in total. The van der Waals surface area contributed by atoms with Crippen LogP contribution in [0.15, 0.2) is 121 Å². The number of anilines is 1. The van der Waals surface area contributed by atoms with E-state index in [0.29, 0.717) is 61.5 Å². The molecule has 1 aliphatic carbocycles. The van der Waals surface area contributed by atoms with Crippen LogP contribution in [-0.4, -0.2) is 75.9 Å². The molecule has 2 amide bonds. The number of carboxylic acids is 1. The van der Waals surface area contributed by atoms with Gasteiger partial charge in [-0.15, -0.1) is 0 Å². The van der Waals surface area contributed by atoms with Crippen LogP contribution in [0.5, 0.6) is 17.2 Å². The van der Waals surface area contributed by atoms with Crippen molar-refractivity contribution in [3.63, 3.8) is 0 Å². The normalized spacial score (nSPS) is 11.6. The topological polar surface area (TPSA) is 151 Å². The molecule has 3 N–H and O–H groups in total. The quantitative estimate of drug-likeness (QED) is 0.0694. The molecule has 0 spiro atoms. The van der Waals surface area contributed by atoms with E-state index in [0.717, 1.165) is 16.7 Å².